The van der Waals surface area contributed by atoms with Crippen molar-refractivity contribution in [3.05, 3.63) is 35.9 Å². The number of hydrogen-bond donors (Lipinski definition) is 3. The lowest BCUT2D eigenvalue weighted by Crippen LogP contribution is -2.54. The van der Waals surface area contributed by atoms with Crippen molar-refractivity contribution >= 4 is 17.9 Å². The number of nitrogens with two attached hydrogens (primary N) is 1. The normalized spacial score (nSPS) is 18.4. The molecule has 0 aromatic heterocycles. The Morgan fingerprint density at radius 2 is 2.04 bits per heavy atom. The summed E-state index contributed by atoms with van der Waals surface area (Å²) >= 11 is 0. The average Bonchev–Trinajstić information content (AvgIpc) is 2.60. The largest absolute Gasteiger partial charge is 0.481 e. The highest BCUT2D eigenvalue weighted by atomic mass is 16.5. The van der Waals surface area contributed by atoms with E-state index < -0.39 is 18.0 Å². The molecular weight excluding hydrogens is 326 g/mol. The number of carboxylic acid groups (broad SMARTS) is 1. The van der Waals surface area contributed by atoms with E-state index >= 15 is 0 Å². The van der Waals surface area contributed by atoms with E-state index in [1.54, 1.807) is 0 Å². The van der Waals surface area contributed by atoms with Crippen molar-refractivity contribution < 1.29 is 24.2 Å². The van der Waals surface area contributed by atoms with Crippen LogP contribution in [-0.4, -0.2) is 59.8 Å². The number of primary amides is 1. The minimum Gasteiger partial charge on any atom is -0.481 e. The van der Waals surface area contributed by atoms with Crippen LogP contribution >= 0.6 is 0 Å². The fourth-order valence-corrected chi connectivity index (χ4v) is 2.69. The number of hydrogen-bond acceptors (Lipinski definition) is 4. The van der Waals surface area contributed by atoms with Crippen LogP contribution in [-0.2, 0) is 20.7 Å². The highest BCUT2D eigenvalue weighted by Crippen LogP contribution is 2.10. The lowest BCUT2D eigenvalue weighted by Gasteiger charge is -2.32. The molecule has 1 aliphatic rings. The molecule has 1 aromatic carbocycles. The van der Waals surface area contributed by atoms with Crippen molar-refractivity contribution in [3.8, 4) is 0 Å². The van der Waals surface area contributed by atoms with Gasteiger partial charge in [0.1, 0.15) is 0 Å². The Balaban J connectivity index is 1.97. The van der Waals surface area contributed by atoms with Crippen LogP contribution in [0.25, 0.3) is 0 Å². The van der Waals surface area contributed by atoms with Crippen LogP contribution in [0.2, 0.25) is 0 Å². The molecule has 1 saturated heterocycles. The van der Waals surface area contributed by atoms with Gasteiger partial charge < -0.3 is 25.8 Å². The molecule has 25 heavy (non-hydrogen) atoms. The third-order valence-corrected chi connectivity index (χ3v) is 4.03. The Hall–Kier alpha value is -2.61. The van der Waals surface area contributed by atoms with Gasteiger partial charge in [0.25, 0.3) is 0 Å². The summed E-state index contributed by atoms with van der Waals surface area (Å²) in [6, 6.07) is 8.87. The average molecular weight is 349 g/mol. The first-order valence-corrected chi connectivity index (χ1v) is 8.17. The van der Waals surface area contributed by atoms with E-state index in [2.05, 4.69) is 5.32 Å². The van der Waals surface area contributed by atoms with E-state index in [9.17, 15) is 14.4 Å². The Bertz CT molecular complexity index is 608. The molecule has 0 aliphatic carbocycles. The van der Waals surface area contributed by atoms with Crippen molar-refractivity contribution in [2.75, 3.05) is 19.7 Å². The highest BCUT2D eigenvalue weighted by molar-refractivity contribution is 5.81. The second-order valence-electron chi connectivity index (χ2n) is 5.98. The number of carbonyl (C=O) groups excluding carboxylic acids is 2. The predicted octanol–water partition coefficient (Wildman–Crippen LogP) is 0.358. The van der Waals surface area contributed by atoms with Gasteiger partial charge in [0, 0.05) is 19.0 Å². The molecule has 3 amide bonds. The molecule has 136 valence electrons. The summed E-state index contributed by atoms with van der Waals surface area (Å²) in [7, 11) is 0. The zero-order chi connectivity index (χ0) is 18.2. The van der Waals surface area contributed by atoms with Crippen molar-refractivity contribution in [1.29, 1.82) is 0 Å². The molecule has 0 spiro atoms. The smallest absolute Gasteiger partial charge is 0.317 e. The number of carboxylic acids is 1. The van der Waals surface area contributed by atoms with Gasteiger partial charge >= 0.3 is 12.0 Å². The Morgan fingerprint density at radius 1 is 1.32 bits per heavy atom. The number of nitrogens with zero attached hydrogens (tertiary/aromatic N) is 1. The van der Waals surface area contributed by atoms with Gasteiger partial charge in [-0.3, -0.25) is 9.59 Å². The molecule has 2 unspecified atom stereocenters. The van der Waals surface area contributed by atoms with E-state index in [-0.39, 0.29) is 31.6 Å². The molecule has 2 atom stereocenters. The van der Waals surface area contributed by atoms with Crippen LogP contribution in [0.4, 0.5) is 4.79 Å². The van der Waals surface area contributed by atoms with Crippen LogP contribution in [0.5, 0.6) is 0 Å². The summed E-state index contributed by atoms with van der Waals surface area (Å²) < 4.78 is 5.23. The molecule has 1 fully saturated rings. The Kier molecular flexibility index (Phi) is 6.76. The summed E-state index contributed by atoms with van der Waals surface area (Å²) in [4.78, 5) is 36.0. The quantitative estimate of drug-likeness (QED) is 0.656. The number of ether oxygens (including phenoxy) is 1. The maximum Gasteiger partial charge on any atom is 0.317 e. The van der Waals surface area contributed by atoms with E-state index in [1.165, 1.54) is 4.90 Å². The lowest BCUT2D eigenvalue weighted by atomic mass is 10.0. The summed E-state index contributed by atoms with van der Waals surface area (Å²) in [5.41, 5.74) is 6.24. The zero-order valence-electron chi connectivity index (χ0n) is 13.9. The summed E-state index contributed by atoms with van der Waals surface area (Å²) in [5.74, 6) is -1.52. The van der Waals surface area contributed by atoms with E-state index in [0.717, 1.165) is 5.56 Å². The Morgan fingerprint density at radius 3 is 2.68 bits per heavy atom. The molecule has 8 nitrogen and oxygen atoms in total. The minimum absolute atomic E-state index is 0.0369. The molecule has 2 rings (SSSR count). The number of carbonyl (C=O) groups is 3. The highest BCUT2D eigenvalue weighted by Gasteiger charge is 2.28. The first-order chi connectivity index (χ1) is 12.0. The Labute approximate surface area is 145 Å². The number of urea groups is 1. The summed E-state index contributed by atoms with van der Waals surface area (Å²) in [5, 5.41) is 11.8. The van der Waals surface area contributed by atoms with Crippen LogP contribution in [0.3, 0.4) is 0 Å². The van der Waals surface area contributed by atoms with Crippen molar-refractivity contribution in [3.63, 3.8) is 0 Å². The molecule has 1 aromatic rings. The summed E-state index contributed by atoms with van der Waals surface area (Å²) in [6.45, 7) is 0.685. The van der Waals surface area contributed by atoms with Crippen LogP contribution in [0.1, 0.15) is 18.4 Å². The molecule has 0 radical (unpaired) electrons. The first kappa shape index (κ1) is 18.7. The lowest BCUT2D eigenvalue weighted by molar-refractivity contribution is -0.137. The second kappa shape index (κ2) is 9.03. The predicted molar refractivity (Wildman–Crippen MR) is 89.8 cm³/mol. The van der Waals surface area contributed by atoms with Crippen molar-refractivity contribution in [2.45, 2.75) is 31.4 Å². The van der Waals surface area contributed by atoms with Crippen LogP contribution < -0.4 is 11.1 Å². The fourth-order valence-electron chi connectivity index (χ4n) is 2.69. The monoisotopic (exact) mass is 349 g/mol. The maximum absolute atomic E-state index is 12.5. The van der Waals surface area contributed by atoms with E-state index in [1.807, 2.05) is 30.3 Å². The van der Waals surface area contributed by atoms with Gasteiger partial charge in [-0.25, -0.2) is 4.79 Å². The van der Waals surface area contributed by atoms with Gasteiger partial charge in [-0.2, -0.15) is 0 Å². The van der Waals surface area contributed by atoms with Crippen molar-refractivity contribution in [1.82, 2.24) is 10.2 Å². The standard InChI is InChI=1S/C17H23N3O5/c18-16(23)14-11-20(8-9-25-14)17(24)19-13(6-7-15(21)22)10-12-4-2-1-3-5-12/h1-5,13-14H,6-11H2,(H2,18,23)(H,19,24)(H,21,22). The fraction of sp³-hybridized carbons (Fsp3) is 0.471. The number of nitrogens with one attached hydrogen (secondary N) is 1. The van der Waals surface area contributed by atoms with Crippen molar-refractivity contribution in [2.24, 2.45) is 5.73 Å². The number of benzene rings is 1. The first-order valence-electron chi connectivity index (χ1n) is 8.17. The third kappa shape index (κ3) is 6.07. The third-order valence-electron chi connectivity index (χ3n) is 4.03. The number of morpholine rings is 1. The van der Waals surface area contributed by atoms with Gasteiger partial charge in [0.05, 0.1) is 13.2 Å². The molecule has 0 saturated carbocycles. The van der Waals surface area contributed by atoms with Gasteiger partial charge in [-0.05, 0) is 18.4 Å². The van der Waals surface area contributed by atoms with Gasteiger partial charge in [-0.1, -0.05) is 30.3 Å². The van der Waals surface area contributed by atoms with Crippen LogP contribution in [0.15, 0.2) is 30.3 Å². The SMILES string of the molecule is NC(=O)C1CN(C(=O)NC(CCC(=O)O)Cc2ccccc2)CCO1. The number of rotatable bonds is 7. The molecule has 1 heterocycles. The second-order valence-corrected chi connectivity index (χ2v) is 5.98. The molecule has 8 heteroatoms. The van der Waals surface area contributed by atoms with Gasteiger partial charge in [-0.15, -0.1) is 0 Å². The van der Waals surface area contributed by atoms with E-state index in [4.69, 9.17) is 15.6 Å². The number of amides is 3. The van der Waals surface area contributed by atoms with E-state index in [0.29, 0.717) is 19.4 Å². The van der Waals surface area contributed by atoms with Gasteiger partial charge in [0.2, 0.25) is 5.91 Å². The topological polar surface area (TPSA) is 122 Å². The maximum atomic E-state index is 12.5. The molecular formula is C17H23N3O5. The summed E-state index contributed by atoms with van der Waals surface area (Å²) in [6.07, 6.45) is -0.000503. The zero-order valence-corrected chi connectivity index (χ0v) is 13.9. The van der Waals surface area contributed by atoms with Crippen LogP contribution in [0, 0.1) is 0 Å². The van der Waals surface area contributed by atoms with Gasteiger partial charge in [0.15, 0.2) is 6.10 Å². The minimum atomic E-state index is -0.910. The molecule has 0 bridgehead atoms. The number of aliphatic carboxylic acids is 1. The molecule has 4 N–H and O–H groups in total. The molecule has 1 aliphatic heterocycles.